The smallest absolute Gasteiger partial charge is 0.295 e. The second-order valence-electron chi connectivity index (χ2n) is 5.63. The highest BCUT2D eigenvalue weighted by Crippen LogP contribution is 2.35. The SMILES string of the molecule is Cc1c(Nc2ccc3c(c2)OCO3)c(=O)n(-c2ccccc2)n1C. The average Bonchev–Trinajstić information content (AvgIpc) is 3.14. The number of fused-ring (bicyclic) bond motifs is 1. The summed E-state index contributed by atoms with van der Waals surface area (Å²) in [7, 11) is 1.87. The van der Waals surface area contributed by atoms with Crippen LogP contribution in [0.15, 0.2) is 53.3 Å². The van der Waals surface area contributed by atoms with Gasteiger partial charge in [0.2, 0.25) is 6.79 Å². The molecular formula is C18H17N3O3. The highest BCUT2D eigenvalue weighted by atomic mass is 16.7. The maximum Gasteiger partial charge on any atom is 0.295 e. The Morgan fingerprint density at radius 3 is 2.58 bits per heavy atom. The van der Waals surface area contributed by atoms with Crippen LogP contribution in [0.4, 0.5) is 11.4 Å². The van der Waals surface area contributed by atoms with Crippen LogP contribution in [0.3, 0.4) is 0 Å². The summed E-state index contributed by atoms with van der Waals surface area (Å²) in [5.41, 5.74) is 2.90. The van der Waals surface area contributed by atoms with Gasteiger partial charge in [-0.3, -0.25) is 9.48 Å². The van der Waals surface area contributed by atoms with E-state index in [1.54, 1.807) is 4.68 Å². The van der Waals surface area contributed by atoms with E-state index >= 15 is 0 Å². The molecule has 0 radical (unpaired) electrons. The summed E-state index contributed by atoms with van der Waals surface area (Å²) in [5.74, 6) is 1.39. The quantitative estimate of drug-likeness (QED) is 0.805. The molecule has 6 nitrogen and oxygen atoms in total. The van der Waals surface area contributed by atoms with E-state index in [-0.39, 0.29) is 12.4 Å². The highest BCUT2D eigenvalue weighted by Gasteiger charge is 2.18. The molecule has 4 rings (SSSR count). The fourth-order valence-corrected chi connectivity index (χ4v) is 2.83. The zero-order chi connectivity index (χ0) is 16.7. The summed E-state index contributed by atoms with van der Waals surface area (Å²) >= 11 is 0. The number of ether oxygens (including phenoxy) is 2. The van der Waals surface area contributed by atoms with Crippen LogP contribution in [0.1, 0.15) is 5.69 Å². The molecule has 1 aromatic heterocycles. The van der Waals surface area contributed by atoms with Crippen molar-refractivity contribution in [3.05, 3.63) is 64.6 Å². The predicted octanol–water partition coefficient (Wildman–Crippen LogP) is 2.96. The Morgan fingerprint density at radius 2 is 1.79 bits per heavy atom. The van der Waals surface area contributed by atoms with Gasteiger partial charge in [0.15, 0.2) is 11.5 Å². The van der Waals surface area contributed by atoms with Gasteiger partial charge in [-0.2, -0.15) is 0 Å². The molecule has 0 bridgehead atoms. The summed E-state index contributed by atoms with van der Waals surface area (Å²) in [6.07, 6.45) is 0. The number of hydrogen-bond donors (Lipinski definition) is 1. The Hall–Kier alpha value is -3.15. The molecule has 1 N–H and O–H groups in total. The Morgan fingerprint density at radius 1 is 1.04 bits per heavy atom. The Balaban J connectivity index is 1.76. The van der Waals surface area contributed by atoms with Crippen molar-refractivity contribution in [1.82, 2.24) is 9.36 Å². The van der Waals surface area contributed by atoms with Gasteiger partial charge >= 0.3 is 0 Å². The van der Waals surface area contributed by atoms with Crippen LogP contribution in [0.25, 0.3) is 5.69 Å². The van der Waals surface area contributed by atoms with Gasteiger partial charge in [-0.1, -0.05) is 18.2 Å². The standard InChI is InChI=1S/C18H17N3O3/c1-12-17(19-13-8-9-15-16(10-13)24-11-23-15)18(22)21(20(12)2)14-6-4-3-5-7-14/h3-10,19H,11H2,1-2H3. The van der Waals surface area contributed by atoms with Gasteiger partial charge in [0, 0.05) is 18.8 Å². The van der Waals surface area contributed by atoms with E-state index in [0.29, 0.717) is 17.2 Å². The summed E-state index contributed by atoms with van der Waals surface area (Å²) in [5, 5.41) is 3.21. The van der Waals surface area contributed by atoms with Gasteiger partial charge in [-0.15, -0.1) is 0 Å². The lowest BCUT2D eigenvalue weighted by molar-refractivity contribution is 0.174. The van der Waals surface area contributed by atoms with Crippen LogP contribution >= 0.6 is 0 Å². The van der Waals surface area contributed by atoms with Crippen molar-refractivity contribution >= 4 is 11.4 Å². The minimum Gasteiger partial charge on any atom is -0.454 e. The van der Waals surface area contributed by atoms with Crippen LogP contribution in [0, 0.1) is 6.92 Å². The number of nitrogens with zero attached hydrogens (tertiary/aromatic N) is 2. The maximum atomic E-state index is 12.9. The summed E-state index contributed by atoms with van der Waals surface area (Å²) in [6.45, 7) is 2.14. The molecule has 2 aromatic carbocycles. The number of para-hydroxylation sites is 1. The zero-order valence-electron chi connectivity index (χ0n) is 13.4. The molecule has 0 unspecified atom stereocenters. The second kappa shape index (κ2) is 5.49. The zero-order valence-corrected chi connectivity index (χ0v) is 13.4. The third-order valence-corrected chi connectivity index (χ3v) is 4.20. The first-order chi connectivity index (χ1) is 11.6. The van der Waals surface area contributed by atoms with Crippen LogP contribution in [0.5, 0.6) is 11.5 Å². The summed E-state index contributed by atoms with van der Waals surface area (Å²) in [4.78, 5) is 12.9. The first-order valence-corrected chi connectivity index (χ1v) is 7.66. The summed E-state index contributed by atoms with van der Waals surface area (Å²) in [6, 6.07) is 15.1. The minimum absolute atomic E-state index is 0.0983. The molecule has 1 aliphatic heterocycles. The van der Waals surface area contributed by atoms with Crippen LogP contribution in [0.2, 0.25) is 0 Å². The molecule has 0 aliphatic carbocycles. The van der Waals surface area contributed by atoms with E-state index in [1.165, 1.54) is 0 Å². The summed E-state index contributed by atoms with van der Waals surface area (Å²) < 4.78 is 14.2. The van der Waals surface area contributed by atoms with Crippen molar-refractivity contribution in [2.45, 2.75) is 6.92 Å². The van der Waals surface area contributed by atoms with Crippen molar-refractivity contribution in [2.24, 2.45) is 7.05 Å². The topological polar surface area (TPSA) is 57.4 Å². The molecule has 6 heteroatoms. The largest absolute Gasteiger partial charge is 0.454 e. The van der Waals surface area contributed by atoms with Crippen LogP contribution in [-0.4, -0.2) is 16.2 Å². The lowest BCUT2D eigenvalue weighted by atomic mass is 10.2. The second-order valence-corrected chi connectivity index (χ2v) is 5.63. The molecule has 1 aliphatic rings. The normalized spacial score (nSPS) is 12.4. The predicted molar refractivity (Wildman–Crippen MR) is 91.6 cm³/mol. The molecule has 0 fully saturated rings. The van der Waals surface area contributed by atoms with Gasteiger partial charge in [0.25, 0.3) is 5.56 Å². The van der Waals surface area contributed by atoms with E-state index in [4.69, 9.17) is 9.47 Å². The number of rotatable bonds is 3. The molecule has 0 spiro atoms. The Labute approximate surface area is 138 Å². The van der Waals surface area contributed by atoms with Crippen molar-refractivity contribution in [2.75, 3.05) is 12.1 Å². The van der Waals surface area contributed by atoms with Crippen molar-refractivity contribution in [1.29, 1.82) is 0 Å². The van der Waals surface area contributed by atoms with Gasteiger partial charge in [0.05, 0.1) is 11.4 Å². The van der Waals surface area contributed by atoms with Crippen LogP contribution in [-0.2, 0) is 7.05 Å². The van der Waals surface area contributed by atoms with E-state index in [0.717, 1.165) is 17.1 Å². The molecule has 122 valence electrons. The third kappa shape index (κ3) is 2.23. The fraction of sp³-hybridized carbons (Fsp3) is 0.167. The van der Waals surface area contributed by atoms with Gasteiger partial charge < -0.3 is 14.8 Å². The van der Waals surface area contributed by atoms with E-state index in [9.17, 15) is 4.79 Å². The molecule has 2 heterocycles. The Kier molecular flexibility index (Phi) is 3.30. The van der Waals surface area contributed by atoms with E-state index in [1.807, 2.05) is 67.2 Å². The number of hydrogen-bond acceptors (Lipinski definition) is 4. The maximum absolute atomic E-state index is 12.9. The third-order valence-electron chi connectivity index (χ3n) is 4.20. The molecule has 3 aromatic rings. The van der Waals surface area contributed by atoms with Gasteiger partial charge in [-0.05, 0) is 31.2 Å². The lowest BCUT2D eigenvalue weighted by Gasteiger charge is -2.07. The number of nitrogens with one attached hydrogen (secondary N) is 1. The molecule has 0 saturated carbocycles. The molecular weight excluding hydrogens is 306 g/mol. The number of anilines is 2. The number of benzene rings is 2. The molecule has 24 heavy (non-hydrogen) atoms. The average molecular weight is 323 g/mol. The van der Waals surface area contributed by atoms with E-state index < -0.39 is 0 Å². The monoisotopic (exact) mass is 323 g/mol. The molecule has 0 atom stereocenters. The van der Waals surface area contributed by atoms with Gasteiger partial charge in [-0.25, -0.2) is 4.68 Å². The Bertz CT molecular complexity index is 958. The number of aromatic nitrogens is 2. The first kappa shape index (κ1) is 14.4. The molecule has 0 amide bonds. The fourth-order valence-electron chi connectivity index (χ4n) is 2.83. The van der Waals surface area contributed by atoms with Crippen molar-refractivity contribution in [3.63, 3.8) is 0 Å². The van der Waals surface area contributed by atoms with Crippen molar-refractivity contribution in [3.8, 4) is 17.2 Å². The minimum atomic E-state index is -0.0983. The van der Waals surface area contributed by atoms with E-state index in [2.05, 4.69) is 5.32 Å². The highest BCUT2D eigenvalue weighted by molar-refractivity contribution is 5.65. The van der Waals surface area contributed by atoms with Crippen LogP contribution < -0.4 is 20.3 Å². The van der Waals surface area contributed by atoms with Gasteiger partial charge in [0.1, 0.15) is 5.69 Å². The first-order valence-electron chi connectivity index (χ1n) is 7.66. The van der Waals surface area contributed by atoms with Crippen molar-refractivity contribution < 1.29 is 9.47 Å². The molecule has 0 saturated heterocycles. The lowest BCUT2D eigenvalue weighted by Crippen LogP contribution is -2.20.